The fourth-order valence-electron chi connectivity index (χ4n) is 6.46. The molecule has 3 atom stereocenters. The number of hydrogen-bond donors (Lipinski definition) is 3. The number of hydrogen-bond acceptors (Lipinski definition) is 4. The van der Waals surface area contributed by atoms with Crippen molar-refractivity contribution < 1.29 is 19.1 Å². The highest BCUT2D eigenvalue weighted by Gasteiger charge is 2.48. The summed E-state index contributed by atoms with van der Waals surface area (Å²) in [7, 11) is 1.65. The Hall–Kier alpha value is -3.03. The number of unbranched alkanes of at least 4 members (excludes halogenated alkanes) is 1. The number of benzene rings is 1. The van der Waals surface area contributed by atoms with Gasteiger partial charge in [0.2, 0.25) is 17.7 Å². The quantitative estimate of drug-likeness (QED) is 0.446. The third-order valence-corrected chi connectivity index (χ3v) is 8.36. The molecule has 0 bridgehead atoms. The van der Waals surface area contributed by atoms with E-state index in [4.69, 9.17) is 4.74 Å². The Morgan fingerprint density at radius 3 is 2.70 bits per heavy atom. The molecule has 3 heterocycles. The van der Waals surface area contributed by atoms with Crippen LogP contribution >= 0.6 is 0 Å². The number of amides is 3. The zero-order valence-corrected chi connectivity index (χ0v) is 22.3. The van der Waals surface area contributed by atoms with E-state index in [1.807, 2.05) is 23.1 Å². The first-order chi connectivity index (χ1) is 17.9. The SMILES string of the molecule is COc1ccc2c3c([nH]c2c1)C(CC(C)C)N1C(=O)C(CCCCNC(=O)C2CCCC2)NC(=O)C1C3. The molecule has 2 aromatic rings. The molecule has 3 aliphatic rings. The predicted octanol–water partition coefficient (Wildman–Crippen LogP) is 3.99. The van der Waals surface area contributed by atoms with Crippen molar-refractivity contribution in [3.63, 3.8) is 0 Å². The summed E-state index contributed by atoms with van der Waals surface area (Å²) in [5.41, 5.74) is 3.15. The van der Waals surface area contributed by atoms with Gasteiger partial charge in [-0.1, -0.05) is 26.7 Å². The van der Waals surface area contributed by atoms with Gasteiger partial charge in [0.1, 0.15) is 17.8 Å². The van der Waals surface area contributed by atoms with Crippen molar-refractivity contribution in [3.05, 3.63) is 29.5 Å². The predicted molar refractivity (Wildman–Crippen MR) is 142 cm³/mol. The second-order valence-electron chi connectivity index (χ2n) is 11.4. The van der Waals surface area contributed by atoms with Crippen LogP contribution in [0, 0.1) is 11.8 Å². The zero-order valence-electron chi connectivity index (χ0n) is 22.3. The molecule has 3 amide bonds. The van der Waals surface area contributed by atoms with E-state index in [2.05, 4.69) is 29.5 Å². The Kier molecular flexibility index (Phi) is 7.45. The summed E-state index contributed by atoms with van der Waals surface area (Å²) in [6.07, 6.45) is 7.72. The molecular weight excluding hydrogens is 468 g/mol. The summed E-state index contributed by atoms with van der Waals surface area (Å²) in [5.74, 6) is 1.41. The minimum Gasteiger partial charge on any atom is -0.497 e. The number of methoxy groups -OCH3 is 1. The van der Waals surface area contributed by atoms with Crippen LogP contribution in [0.25, 0.3) is 10.9 Å². The van der Waals surface area contributed by atoms with Gasteiger partial charge in [-0.25, -0.2) is 0 Å². The Labute approximate surface area is 218 Å². The lowest BCUT2D eigenvalue weighted by Crippen LogP contribution is -2.65. The van der Waals surface area contributed by atoms with E-state index in [1.165, 1.54) is 0 Å². The van der Waals surface area contributed by atoms with Crippen molar-refractivity contribution in [2.24, 2.45) is 11.8 Å². The Morgan fingerprint density at radius 1 is 1.19 bits per heavy atom. The lowest BCUT2D eigenvalue weighted by molar-refractivity contribution is -0.154. The first-order valence-electron chi connectivity index (χ1n) is 14.0. The van der Waals surface area contributed by atoms with Gasteiger partial charge in [-0.15, -0.1) is 0 Å². The normalized spacial score (nSPS) is 23.8. The summed E-state index contributed by atoms with van der Waals surface area (Å²) in [6, 6.07) is 4.79. The number of fused-ring (bicyclic) bond motifs is 4. The summed E-state index contributed by atoms with van der Waals surface area (Å²) in [6.45, 7) is 4.93. The van der Waals surface area contributed by atoms with Crippen molar-refractivity contribution in [3.8, 4) is 5.75 Å². The lowest BCUT2D eigenvalue weighted by atomic mass is 9.85. The second-order valence-corrected chi connectivity index (χ2v) is 11.4. The van der Waals surface area contributed by atoms with Crippen LogP contribution in [0.4, 0.5) is 0 Å². The van der Waals surface area contributed by atoms with Gasteiger partial charge >= 0.3 is 0 Å². The monoisotopic (exact) mass is 508 g/mol. The summed E-state index contributed by atoms with van der Waals surface area (Å²) < 4.78 is 5.41. The number of aromatic nitrogens is 1. The molecule has 1 saturated carbocycles. The lowest BCUT2D eigenvalue weighted by Gasteiger charge is -2.47. The van der Waals surface area contributed by atoms with Crippen molar-refractivity contribution >= 4 is 28.6 Å². The molecule has 1 saturated heterocycles. The first kappa shape index (κ1) is 25.6. The van der Waals surface area contributed by atoms with E-state index >= 15 is 0 Å². The molecule has 37 heavy (non-hydrogen) atoms. The van der Waals surface area contributed by atoms with Crippen molar-refractivity contribution in [1.29, 1.82) is 0 Å². The number of ether oxygens (including phenoxy) is 1. The van der Waals surface area contributed by atoms with E-state index in [1.54, 1.807) is 7.11 Å². The first-order valence-corrected chi connectivity index (χ1v) is 14.0. The van der Waals surface area contributed by atoms with Crippen LogP contribution in [-0.2, 0) is 20.8 Å². The van der Waals surface area contributed by atoms with Crippen molar-refractivity contribution in [1.82, 2.24) is 20.5 Å². The fraction of sp³-hybridized carbons (Fsp3) is 0.621. The van der Waals surface area contributed by atoms with Crippen LogP contribution < -0.4 is 15.4 Å². The number of rotatable bonds is 9. The third-order valence-electron chi connectivity index (χ3n) is 8.36. The maximum absolute atomic E-state index is 13.8. The maximum atomic E-state index is 13.8. The molecular formula is C29H40N4O4. The molecule has 2 fully saturated rings. The fourth-order valence-corrected chi connectivity index (χ4v) is 6.46. The molecule has 0 spiro atoms. The minimum absolute atomic E-state index is 0.00660. The second kappa shape index (κ2) is 10.8. The van der Waals surface area contributed by atoms with E-state index in [0.717, 1.165) is 72.9 Å². The number of aromatic amines is 1. The number of H-pyrrole nitrogens is 1. The Balaban J connectivity index is 1.29. The van der Waals surface area contributed by atoms with Gasteiger partial charge in [0.05, 0.1) is 13.2 Å². The molecule has 8 nitrogen and oxygen atoms in total. The molecule has 1 aliphatic carbocycles. The molecule has 5 rings (SSSR count). The molecule has 3 unspecified atom stereocenters. The van der Waals surface area contributed by atoms with Gasteiger partial charge in [0.25, 0.3) is 0 Å². The molecule has 200 valence electrons. The summed E-state index contributed by atoms with van der Waals surface area (Å²) in [4.78, 5) is 44.8. The largest absolute Gasteiger partial charge is 0.497 e. The van der Waals surface area contributed by atoms with Gasteiger partial charge in [-0.3, -0.25) is 14.4 Å². The Morgan fingerprint density at radius 2 is 1.97 bits per heavy atom. The van der Waals surface area contributed by atoms with Crippen molar-refractivity contribution in [2.75, 3.05) is 13.7 Å². The number of nitrogens with one attached hydrogen (secondary N) is 3. The average Bonchev–Trinajstić information content (AvgIpc) is 3.54. The standard InChI is InChI=1S/C29H40N4O4/c1-17(2)14-24-26-21(20-12-11-19(37-3)15-23(20)31-26)16-25-28(35)32-22(29(36)33(24)25)10-6-7-13-30-27(34)18-8-4-5-9-18/h11-12,15,17-18,22,24-25,31H,4-10,13-14,16H2,1-3H3,(H,30,34)(H,32,35). The minimum atomic E-state index is -0.519. The summed E-state index contributed by atoms with van der Waals surface area (Å²) in [5, 5.41) is 7.17. The third kappa shape index (κ3) is 5.07. The van der Waals surface area contributed by atoms with E-state index in [-0.39, 0.29) is 29.7 Å². The highest BCUT2D eigenvalue weighted by atomic mass is 16.5. The number of nitrogens with zero attached hydrogens (tertiary/aromatic N) is 1. The molecule has 3 N–H and O–H groups in total. The number of carbonyl (C=O) groups excluding carboxylic acids is 3. The van der Waals surface area contributed by atoms with E-state index < -0.39 is 12.1 Å². The van der Waals surface area contributed by atoms with E-state index in [0.29, 0.717) is 25.3 Å². The summed E-state index contributed by atoms with van der Waals surface area (Å²) >= 11 is 0. The van der Waals surface area contributed by atoms with Crippen LogP contribution in [0.3, 0.4) is 0 Å². The van der Waals surface area contributed by atoms with Crippen molar-refractivity contribution in [2.45, 2.75) is 89.8 Å². The van der Waals surface area contributed by atoms with Gasteiger partial charge in [-0.2, -0.15) is 0 Å². The topological polar surface area (TPSA) is 104 Å². The Bertz CT molecular complexity index is 1170. The highest BCUT2D eigenvalue weighted by Crippen LogP contribution is 2.42. The van der Waals surface area contributed by atoms with Gasteiger partial charge in [-0.05, 0) is 62.1 Å². The molecule has 0 radical (unpaired) electrons. The van der Waals surface area contributed by atoms with Gasteiger partial charge < -0.3 is 25.3 Å². The van der Waals surface area contributed by atoms with Gasteiger partial charge in [0.15, 0.2) is 0 Å². The van der Waals surface area contributed by atoms with Crippen LogP contribution in [0.5, 0.6) is 5.75 Å². The smallest absolute Gasteiger partial charge is 0.246 e. The highest BCUT2D eigenvalue weighted by molar-refractivity contribution is 5.99. The van der Waals surface area contributed by atoms with Gasteiger partial charge in [0, 0.05) is 41.5 Å². The number of carbonyl (C=O) groups is 3. The molecule has 1 aromatic carbocycles. The van der Waals surface area contributed by atoms with E-state index in [9.17, 15) is 14.4 Å². The zero-order chi connectivity index (χ0) is 26.1. The number of piperazine rings is 1. The van der Waals surface area contributed by atoms with Crippen LogP contribution in [-0.4, -0.2) is 53.3 Å². The van der Waals surface area contributed by atoms with Crippen LogP contribution in [0.15, 0.2) is 18.2 Å². The maximum Gasteiger partial charge on any atom is 0.246 e. The average molecular weight is 509 g/mol. The molecule has 2 aliphatic heterocycles. The molecule has 1 aromatic heterocycles. The van der Waals surface area contributed by atoms with Crippen LogP contribution in [0.1, 0.15) is 82.5 Å². The molecule has 8 heteroatoms. The van der Waals surface area contributed by atoms with Crippen LogP contribution in [0.2, 0.25) is 0 Å².